The fourth-order valence-electron chi connectivity index (χ4n) is 1.87. The average Bonchev–Trinajstić information content (AvgIpc) is 2.83. The van der Waals surface area contributed by atoms with E-state index in [0.717, 1.165) is 21.5 Å². The fraction of sp³-hybridized carbons (Fsp3) is 0.250. The number of halogens is 2. The van der Waals surface area contributed by atoms with Gasteiger partial charge >= 0.3 is 5.97 Å². The highest BCUT2D eigenvalue weighted by Gasteiger charge is 2.14. The minimum Gasteiger partial charge on any atom is -0.478 e. The molecular weight excluding hydrogens is 341 g/mol. The maximum atomic E-state index is 10.7. The largest absolute Gasteiger partial charge is 0.478 e. The maximum absolute atomic E-state index is 10.7. The van der Waals surface area contributed by atoms with Crippen molar-refractivity contribution in [2.75, 3.05) is 0 Å². The van der Waals surface area contributed by atoms with Crippen molar-refractivity contribution in [2.45, 2.75) is 26.2 Å². The van der Waals surface area contributed by atoms with Gasteiger partial charge in [0.25, 0.3) is 0 Å². The lowest BCUT2D eigenvalue weighted by Gasteiger charge is -2.03. The van der Waals surface area contributed by atoms with E-state index in [0.29, 0.717) is 22.2 Å². The number of carbonyl (C=O) groups is 1. The Morgan fingerprint density at radius 2 is 2.14 bits per heavy atom. The molecule has 0 spiro atoms. The zero-order chi connectivity index (χ0) is 16.3. The van der Waals surface area contributed by atoms with E-state index >= 15 is 0 Å². The Bertz CT molecular complexity index is 723. The Morgan fingerprint density at radius 1 is 1.41 bits per heavy atom. The van der Waals surface area contributed by atoms with Crippen LogP contribution in [-0.4, -0.2) is 16.1 Å². The number of hydrogen-bond acceptors (Lipinski definition) is 3. The van der Waals surface area contributed by atoms with Gasteiger partial charge in [-0.15, -0.1) is 11.3 Å². The van der Waals surface area contributed by atoms with Gasteiger partial charge in [0.2, 0.25) is 0 Å². The first kappa shape index (κ1) is 17.0. The van der Waals surface area contributed by atoms with Crippen LogP contribution in [-0.2, 0) is 11.2 Å². The highest BCUT2D eigenvalue weighted by molar-refractivity contribution is 7.12. The molecule has 1 aromatic carbocycles. The Kier molecular flexibility index (Phi) is 5.62. The summed E-state index contributed by atoms with van der Waals surface area (Å²) in [5.74, 6) is -0.703. The van der Waals surface area contributed by atoms with Crippen LogP contribution >= 0.6 is 34.5 Å². The molecule has 0 bridgehead atoms. The monoisotopic (exact) mass is 355 g/mol. The van der Waals surface area contributed by atoms with Crippen molar-refractivity contribution in [1.29, 1.82) is 0 Å². The van der Waals surface area contributed by atoms with Gasteiger partial charge in [0.15, 0.2) is 0 Å². The summed E-state index contributed by atoms with van der Waals surface area (Å²) < 4.78 is 0. The number of carboxylic acid groups (broad SMARTS) is 1. The third-order valence-electron chi connectivity index (χ3n) is 2.99. The Labute approximate surface area is 143 Å². The lowest BCUT2D eigenvalue weighted by atomic mass is 10.1. The molecular formula is C16H15Cl2NO2S. The second-order valence-electron chi connectivity index (χ2n) is 5.10. The van der Waals surface area contributed by atoms with Crippen LogP contribution in [0.2, 0.25) is 10.0 Å². The molecule has 0 saturated carbocycles. The van der Waals surface area contributed by atoms with Crippen molar-refractivity contribution in [3.63, 3.8) is 0 Å². The molecule has 0 amide bonds. The van der Waals surface area contributed by atoms with E-state index in [2.05, 4.69) is 18.8 Å². The third kappa shape index (κ3) is 4.32. The van der Waals surface area contributed by atoms with Crippen LogP contribution in [0.5, 0.6) is 0 Å². The van der Waals surface area contributed by atoms with Gasteiger partial charge in [0.05, 0.1) is 10.7 Å². The molecule has 0 aliphatic rings. The second-order valence-corrected chi connectivity index (χ2v) is 7.06. The van der Waals surface area contributed by atoms with E-state index in [1.807, 2.05) is 6.07 Å². The number of aromatic nitrogens is 1. The zero-order valence-electron chi connectivity index (χ0n) is 12.1. The van der Waals surface area contributed by atoms with Crippen molar-refractivity contribution in [2.24, 2.45) is 0 Å². The molecule has 116 valence electrons. The van der Waals surface area contributed by atoms with Crippen LogP contribution in [0.4, 0.5) is 0 Å². The first-order valence-corrected chi connectivity index (χ1v) is 8.28. The van der Waals surface area contributed by atoms with Gasteiger partial charge in [0, 0.05) is 33.3 Å². The molecule has 1 heterocycles. The summed E-state index contributed by atoms with van der Waals surface area (Å²) in [6.07, 6.45) is 3.23. The molecule has 0 saturated heterocycles. The van der Waals surface area contributed by atoms with E-state index in [1.165, 1.54) is 6.08 Å². The predicted molar refractivity (Wildman–Crippen MR) is 92.1 cm³/mol. The molecule has 0 unspecified atom stereocenters. The Morgan fingerprint density at radius 3 is 2.73 bits per heavy atom. The first-order valence-electron chi connectivity index (χ1n) is 6.71. The van der Waals surface area contributed by atoms with Crippen LogP contribution in [0.3, 0.4) is 0 Å². The number of nitrogens with zero attached hydrogens (tertiary/aromatic N) is 1. The lowest BCUT2D eigenvalue weighted by Crippen LogP contribution is -1.91. The third-order valence-corrected chi connectivity index (χ3v) is 4.95. The minimum absolute atomic E-state index is 0.288. The van der Waals surface area contributed by atoms with Crippen LogP contribution in [0.1, 0.15) is 40.9 Å². The van der Waals surface area contributed by atoms with Crippen molar-refractivity contribution >= 4 is 46.6 Å². The number of carboxylic acids is 1. The molecule has 1 aromatic heterocycles. The van der Waals surface area contributed by atoms with Crippen molar-refractivity contribution < 1.29 is 9.90 Å². The highest BCUT2D eigenvalue weighted by Crippen LogP contribution is 2.30. The van der Waals surface area contributed by atoms with E-state index < -0.39 is 5.97 Å². The standard InChI is InChI=1S/C16H15Cl2NO2S/c1-9(2)16-19-13(5-6-15(20)21)14(22-16)7-10-3-4-11(17)8-12(10)18/h3-6,8-9H,7H2,1-2H3,(H,20,21). The van der Waals surface area contributed by atoms with E-state index in [9.17, 15) is 4.79 Å². The smallest absolute Gasteiger partial charge is 0.328 e. The van der Waals surface area contributed by atoms with Crippen molar-refractivity contribution in [3.8, 4) is 0 Å². The topological polar surface area (TPSA) is 50.2 Å². The number of hydrogen-bond donors (Lipinski definition) is 1. The summed E-state index contributed by atoms with van der Waals surface area (Å²) in [6, 6.07) is 5.37. The van der Waals surface area contributed by atoms with Crippen LogP contribution in [0, 0.1) is 0 Å². The van der Waals surface area contributed by atoms with E-state index in [4.69, 9.17) is 28.3 Å². The molecule has 22 heavy (non-hydrogen) atoms. The van der Waals surface area contributed by atoms with Gasteiger partial charge in [-0.05, 0) is 23.8 Å². The van der Waals surface area contributed by atoms with Gasteiger partial charge in [-0.1, -0.05) is 43.1 Å². The zero-order valence-corrected chi connectivity index (χ0v) is 14.5. The Hall–Kier alpha value is -1.36. The van der Waals surface area contributed by atoms with Crippen molar-refractivity contribution in [1.82, 2.24) is 4.98 Å². The van der Waals surface area contributed by atoms with Gasteiger partial charge in [-0.2, -0.15) is 0 Å². The summed E-state index contributed by atoms with van der Waals surface area (Å²) in [7, 11) is 0. The number of thiazole rings is 1. The van der Waals surface area contributed by atoms with Gasteiger partial charge in [-0.3, -0.25) is 0 Å². The number of rotatable bonds is 5. The molecule has 2 rings (SSSR count). The summed E-state index contributed by atoms with van der Waals surface area (Å²) in [4.78, 5) is 16.2. The second kappa shape index (κ2) is 7.27. The maximum Gasteiger partial charge on any atom is 0.328 e. The van der Waals surface area contributed by atoms with Crippen LogP contribution < -0.4 is 0 Å². The molecule has 0 atom stereocenters. The van der Waals surface area contributed by atoms with E-state index in [1.54, 1.807) is 23.5 Å². The summed E-state index contributed by atoms with van der Waals surface area (Å²) in [5, 5.41) is 11.0. The summed E-state index contributed by atoms with van der Waals surface area (Å²) >= 11 is 13.7. The average molecular weight is 356 g/mol. The summed E-state index contributed by atoms with van der Waals surface area (Å²) in [5.41, 5.74) is 1.62. The van der Waals surface area contributed by atoms with Crippen LogP contribution in [0.25, 0.3) is 6.08 Å². The van der Waals surface area contributed by atoms with Gasteiger partial charge in [0.1, 0.15) is 0 Å². The Balaban J connectivity index is 2.37. The summed E-state index contributed by atoms with van der Waals surface area (Å²) in [6.45, 7) is 4.12. The quantitative estimate of drug-likeness (QED) is 0.743. The van der Waals surface area contributed by atoms with Gasteiger partial charge < -0.3 is 5.11 Å². The molecule has 2 aromatic rings. The molecule has 6 heteroatoms. The van der Waals surface area contributed by atoms with Crippen LogP contribution in [0.15, 0.2) is 24.3 Å². The molecule has 0 fully saturated rings. The number of benzene rings is 1. The SMILES string of the molecule is CC(C)c1nc(C=CC(=O)O)c(Cc2ccc(Cl)cc2Cl)s1. The molecule has 0 radical (unpaired) electrons. The molecule has 3 nitrogen and oxygen atoms in total. The fourth-order valence-corrected chi connectivity index (χ4v) is 3.43. The normalized spacial score (nSPS) is 11.5. The highest BCUT2D eigenvalue weighted by atomic mass is 35.5. The van der Waals surface area contributed by atoms with Crippen molar-refractivity contribution in [3.05, 3.63) is 55.5 Å². The molecule has 0 aliphatic carbocycles. The molecule has 0 aliphatic heterocycles. The predicted octanol–water partition coefficient (Wildman–Crippen LogP) is 5.26. The first-order chi connectivity index (χ1) is 10.4. The van der Waals surface area contributed by atoms with Gasteiger partial charge in [-0.25, -0.2) is 9.78 Å². The lowest BCUT2D eigenvalue weighted by molar-refractivity contribution is -0.131. The van der Waals surface area contributed by atoms with E-state index in [-0.39, 0.29) is 5.92 Å². The molecule has 1 N–H and O–H groups in total. The number of aliphatic carboxylic acids is 1. The minimum atomic E-state index is -0.991.